The Kier molecular flexibility index (Phi) is 5.79. The van der Waals surface area contributed by atoms with E-state index >= 15 is 0 Å². The van der Waals surface area contributed by atoms with E-state index in [1.54, 1.807) is 36.7 Å². The van der Waals surface area contributed by atoms with Crippen molar-refractivity contribution in [2.45, 2.75) is 19.8 Å². The van der Waals surface area contributed by atoms with Gasteiger partial charge in [-0.05, 0) is 49.6 Å². The molecule has 1 aliphatic rings. The predicted molar refractivity (Wildman–Crippen MR) is 100 cm³/mol. The first kappa shape index (κ1) is 20.3. The molecule has 1 aliphatic carbocycles. The smallest absolute Gasteiger partial charge is 0.313 e. The molecule has 9 heteroatoms. The second-order valence-corrected chi connectivity index (χ2v) is 6.78. The Morgan fingerprint density at radius 2 is 1.76 bits per heavy atom. The van der Waals surface area contributed by atoms with Crippen LogP contribution in [0.4, 0.5) is 5.69 Å². The zero-order valence-electron chi connectivity index (χ0n) is 15.7. The number of esters is 1. The Hall–Kier alpha value is -3.46. The van der Waals surface area contributed by atoms with Crippen LogP contribution in [0.2, 0.25) is 0 Å². The molecule has 1 saturated carbocycles. The molecule has 0 aromatic heterocycles. The zero-order chi connectivity index (χ0) is 21.0. The number of non-ortho nitro benzene ring substituents is 1. The predicted octanol–water partition coefficient (Wildman–Crippen LogP) is 3.00. The van der Waals surface area contributed by atoms with Crippen LogP contribution < -0.4 is 10.2 Å². The van der Waals surface area contributed by atoms with Gasteiger partial charge in [0.2, 0.25) is 5.91 Å². The summed E-state index contributed by atoms with van der Waals surface area (Å²) in [6.07, 6.45) is 0.598. The number of rotatable bonds is 8. The number of nitro groups is 1. The first-order valence-electron chi connectivity index (χ1n) is 9.02. The van der Waals surface area contributed by atoms with Crippen molar-refractivity contribution in [2.24, 2.45) is 11.3 Å². The molecular weight excluding hydrogens is 380 g/mol. The molecule has 2 atom stereocenters. The van der Waals surface area contributed by atoms with Crippen molar-refractivity contribution in [3.63, 3.8) is 0 Å². The Bertz CT molecular complexity index is 911. The van der Waals surface area contributed by atoms with E-state index in [1.165, 1.54) is 24.3 Å². The zero-order valence-corrected chi connectivity index (χ0v) is 15.7. The minimum absolute atomic E-state index is 0.0251. The lowest BCUT2D eigenvalue weighted by Crippen LogP contribution is -2.30. The highest BCUT2D eigenvalue weighted by atomic mass is 16.6. The van der Waals surface area contributed by atoms with E-state index in [0.29, 0.717) is 24.3 Å². The summed E-state index contributed by atoms with van der Waals surface area (Å²) in [6, 6.07) is 12.7. The number of carbonyl (C=O) groups is 2. The maximum Gasteiger partial charge on any atom is 0.313 e. The van der Waals surface area contributed by atoms with Gasteiger partial charge in [-0.1, -0.05) is 12.1 Å². The SMILES string of the molecule is CCOC(=O)[C@@]1(Cc2ccc(Oc3ccc([N+](=O)[O-])cc3)cc2)C[C@@H]1C(=O)NO. The van der Waals surface area contributed by atoms with Crippen LogP contribution in [0.25, 0.3) is 0 Å². The van der Waals surface area contributed by atoms with Gasteiger partial charge in [-0.25, -0.2) is 5.48 Å². The van der Waals surface area contributed by atoms with Crippen LogP contribution in [0.1, 0.15) is 18.9 Å². The van der Waals surface area contributed by atoms with Gasteiger partial charge < -0.3 is 9.47 Å². The van der Waals surface area contributed by atoms with Crippen molar-refractivity contribution >= 4 is 17.6 Å². The lowest BCUT2D eigenvalue weighted by molar-refractivity contribution is -0.384. The standard InChI is InChI=1S/C20H20N2O7/c1-2-28-19(24)20(12-17(20)18(23)21-25)11-13-3-7-15(8-4-13)29-16-9-5-14(6-10-16)22(26)27/h3-10,17,25H,2,11-12H2,1H3,(H,21,23)/t17-,20+/m1/s1. The Morgan fingerprint density at radius 1 is 1.17 bits per heavy atom. The van der Waals surface area contributed by atoms with Crippen molar-refractivity contribution in [3.8, 4) is 11.5 Å². The first-order valence-corrected chi connectivity index (χ1v) is 9.02. The van der Waals surface area contributed by atoms with Crippen LogP contribution in [-0.2, 0) is 20.7 Å². The molecule has 29 heavy (non-hydrogen) atoms. The number of nitrogens with zero attached hydrogens (tertiary/aromatic N) is 1. The normalized spacial score (nSPS) is 19.9. The summed E-state index contributed by atoms with van der Waals surface area (Å²) in [4.78, 5) is 34.4. The van der Waals surface area contributed by atoms with Crippen LogP contribution in [-0.4, -0.2) is 28.6 Å². The lowest BCUT2D eigenvalue weighted by Gasteiger charge is -2.16. The van der Waals surface area contributed by atoms with Gasteiger partial charge in [0.05, 0.1) is 22.9 Å². The number of hydroxylamine groups is 1. The molecule has 0 bridgehead atoms. The molecule has 1 amide bonds. The second kappa shape index (κ2) is 8.27. The molecule has 3 rings (SSSR count). The molecule has 2 N–H and O–H groups in total. The summed E-state index contributed by atoms with van der Waals surface area (Å²) in [5, 5.41) is 19.6. The average molecular weight is 400 g/mol. The molecule has 152 valence electrons. The van der Waals surface area contributed by atoms with Crippen molar-refractivity contribution in [3.05, 3.63) is 64.2 Å². The molecule has 0 saturated heterocycles. The van der Waals surface area contributed by atoms with Crippen LogP contribution in [0.3, 0.4) is 0 Å². The van der Waals surface area contributed by atoms with Crippen LogP contribution in [0.5, 0.6) is 11.5 Å². The maximum atomic E-state index is 12.4. The molecule has 2 aromatic rings. The van der Waals surface area contributed by atoms with Crippen LogP contribution >= 0.6 is 0 Å². The highest BCUT2D eigenvalue weighted by molar-refractivity contribution is 5.93. The Labute approximate surface area is 166 Å². The highest BCUT2D eigenvalue weighted by Gasteiger charge is 2.64. The summed E-state index contributed by atoms with van der Waals surface area (Å²) in [5.41, 5.74) is 1.40. The van der Waals surface area contributed by atoms with Crippen LogP contribution in [0.15, 0.2) is 48.5 Å². The van der Waals surface area contributed by atoms with Crippen molar-refractivity contribution in [1.82, 2.24) is 5.48 Å². The number of amides is 1. The van der Waals surface area contributed by atoms with E-state index in [-0.39, 0.29) is 12.3 Å². The van der Waals surface area contributed by atoms with E-state index in [1.807, 2.05) is 0 Å². The molecular formula is C20H20N2O7. The minimum atomic E-state index is -0.983. The van der Waals surface area contributed by atoms with Crippen molar-refractivity contribution in [2.75, 3.05) is 6.61 Å². The van der Waals surface area contributed by atoms with E-state index in [4.69, 9.17) is 14.7 Å². The molecule has 9 nitrogen and oxygen atoms in total. The van der Waals surface area contributed by atoms with Gasteiger partial charge >= 0.3 is 5.97 Å². The Balaban J connectivity index is 1.69. The van der Waals surface area contributed by atoms with Gasteiger partial charge in [-0.2, -0.15) is 0 Å². The molecule has 2 aromatic carbocycles. The fraction of sp³-hybridized carbons (Fsp3) is 0.300. The summed E-state index contributed by atoms with van der Waals surface area (Å²) >= 11 is 0. The van der Waals surface area contributed by atoms with Gasteiger partial charge in [0.1, 0.15) is 11.5 Å². The molecule has 0 unspecified atom stereocenters. The second-order valence-electron chi connectivity index (χ2n) is 6.78. The number of nitrogens with one attached hydrogen (secondary N) is 1. The lowest BCUT2D eigenvalue weighted by atomic mass is 9.93. The van der Waals surface area contributed by atoms with Crippen molar-refractivity contribution < 1.29 is 29.2 Å². The third-order valence-electron chi connectivity index (χ3n) is 4.91. The Morgan fingerprint density at radius 3 is 2.28 bits per heavy atom. The van der Waals surface area contributed by atoms with Gasteiger partial charge in [-0.3, -0.25) is 24.9 Å². The fourth-order valence-corrected chi connectivity index (χ4v) is 3.31. The number of carbonyl (C=O) groups excluding carboxylic acids is 2. The van der Waals surface area contributed by atoms with Crippen molar-refractivity contribution in [1.29, 1.82) is 0 Å². The molecule has 1 fully saturated rings. The molecule has 0 heterocycles. The summed E-state index contributed by atoms with van der Waals surface area (Å²) in [6.45, 7) is 1.90. The summed E-state index contributed by atoms with van der Waals surface area (Å²) in [5.74, 6) is -0.722. The molecule has 0 spiro atoms. The third kappa shape index (κ3) is 4.35. The quantitative estimate of drug-likeness (QED) is 0.302. The number of hydrogen-bond acceptors (Lipinski definition) is 7. The highest BCUT2D eigenvalue weighted by Crippen LogP contribution is 2.56. The third-order valence-corrected chi connectivity index (χ3v) is 4.91. The van der Waals surface area contributed by atoms with Gasteiger partial charge in [0.15, 0.2) is 0 Å². The molecule has 0 aliphatic heterocycles. The minimum Gasteiger partial charge on any atom is -0.466 e. The first-order chi connectivity index (χ1) is 13.9. The average Bonchev–Trinajstić information content (AvgIpc) is 3.45. The van der Waals surface area contributed by atoms with Gasteiger partial charge in [0, 0.05) is 12.1 Å². The van der Waals surface area contributed by atoms with E-state index in [9.17, 15) is 19.7 Å². The summed E-state index contributed by atoms with van der Waals surface area (Å²) < 4.78 is 10.8. The number of ether oxygens (including phenoxy) is 2. The monoisotopic (exact) mass is 400 g/mol. The summed E-state index contributed by atoms with van der Waals surface area (Å²) in [7, 11) is 0. The van der Waals surface area contributed by atoms with Gasteiger partial charge in [0.25, 0.3) is 5.69 Å². The largest absolute Gasteiger partial charge is 0.466 e. The fourth-order valence-electron chi connectivity index (χ4n) is 3.31. The molecule has 0 radical (unpaired) electrons. The number of nitro benzene ring substituents is 1. The topological polar surface area (TPSA) is 128 Å². The van der Waals surface area contributed by atoms with Crippen LogP contribution in [0, 0.1) is 21.4 Å². The number of benzene rings is 2. The van der Waals surface area contributed by atoms with E-state index in [2.05, 4.69) is 0 Å². The van der Waals surface area contributed by atoms with Gasteiger partial charge in [-0.15, -0.1) is 0 Å². The van der Waals surface area contributed by atoms with E-state index < -0.39 is 28.1 Å². The van der Waals surface area contributed by atoms with E-state index in [0.717, 1.165) is 5.56 Å². The number of hydrogen-bond donors (Lipinski definition) is 2. The maximum absolute atomic E-state index is 12.4.